The van der Waals surface area contributed by atoms with Crippen LogP contribution in [0.3, 0.4) is 0 Å². The van der Waals surface area contributed by atoms with Crippen molar-refractivity contribution in [2.45, 2.75) is 50.8 Å². The van der Waals surface area contributed by atoms with E-state index in [1.807, 2.05) is 13.0 Å². The van der Waals surface area contributed by atoms with Crippen molar-refractivity contribution in [1.29, 1.82) is 0 Å². The first kappa shape index (κ1) is 15.6. The van der Waals surface area contributed by atoms with Crippen LogP contribution in [-0.4, -0.2) is 17.6 Å². The monoisotopic (exact) mass is 348 g/mol. The third kappa shape index (κ3) is 2.82. The van der Waals surface area contributed by atoms with Crippen LogP contribution >= 0.6 is 22.9 Å². The molecule has 3 atom stereocenters. The molecule has 2 aliphatic rings. The van der Waals surface area contributed by atoms with Crippen molar-refractivity contribution >= 4 is 22.9 Å². The summed E-state index contributed by atoms with van der Waals surface area (Å²) < 4.78 is 7.25. The normalized spacial score (nSPS) is 30.4. The average molecular weight is 349 g/mol. The number of hydrogen-bond donors (Lipinski definition) is 1. The zero-order chi connectivity index (χ0) is 16.0. The lowest BCUT2D eigenvalue weighted by Crippen LogP contribution is -2.49. The Morgan fingerprint density at radius 3 is 3.09 bits per heavy atom. The van der Waals surface area contributed by atoms with Crippen LogP contribution in [0.15, 0.2) is 24.3 Å². The fourth-order valence-electron chi connectivity index (χ4n) is 4.01. The topological polar surface area (TPSA) is 34.1 Å². The van der Waals surface area contributed by atoms with Crippen molar-refractivity contribution in [3.63, 3.8) is 0 Å². The number of piperidine rings is 1. The van der Waals surface area contributed by atoms with Gasteiger partial charge in [0.2, 0.25) is 0 Å². The third-order valence-electron chi connectivity index (χ3n) is 4.86. The molecule has 0 saturated carbocycles. The third-order valence-corrected chi connectivity index (χ3v) is 6.36. The summed E-state index contributed by atoms with van der Waals surface area (Å²) >= 11 is 7.99. The van der Waals surface area contributed by atoms with E-state index in [9.17, 15) is 0 Å². The van der Waals surface area contributed by atoms with E-state index in [4.69, 9.17) is 21.3 Å². The first-order valence-corrected chi connectivity index (χ1v) is 9.37. The number of ether oxygens (including phenoxy) is 1. The Morgan fingerprint density at radius 1 is 1.39 bits per heavy atom. The number of pyridine rings is 1. The van der Waals surface area contributed by atoms with Gasteiger partial charge in [-0.2, -0.15) is 0 Å². The molecular weight excluding hydrogens is 328 g/mol. The summed E-state index contributed by atoms with van der Waals surface area (Å²) in [4.78, 5) is 6.06. The van der Waals surface area contributed by atoms with Gasteiger partial charge in [-0.05, 0) is 50.5 Å². The minimum absolute atomic E-state index is 0.213. The molecule has 0 amide bonds. The molecule has 1 spiro atoms. The van der Waals surface area contributed by atoms with Gasteiger partial charge in [0.1, 0.15) is 5.60 Å². The van der Waals surface area contributed by atoms with Gasteiger partial charge in [-0.25, -0.2) is 0 Å². The van der Waals surface area contributed by atoms with Gasteiger partial charge in [0.15, 0.2) is 0 Å². The van der Waals surface area contributed by atoms with Crippen LogP contribution in [0.4, 0.5) is 0 Å². The number of fused-ring (bicyclic) bond motifs is 2. The predicted molar refractivity (Wildman–Crippen MR) is 94.2 cm³/mol. The first-order valence-electron chi connectivity index (χ1n) is 8.18. The molecule has 4 heterocycles. The molecule has 0 bridgehead atoms. The molecule has 1 saturated heterocycles. The number of nitrogens with one attached hydrogen (secondary N) is 1. The molecular formula is C18H21ClN2OS. The Bertz CT molecular complexity index is 732. The van der Waals surface area contributed by atoms with Crippen molar-refractivity contribution in [3.8, 4) is 0 Å². The van der Waals surface area contributed by atoms with Crippen LogP contribution in [0.1, 0.15) is 47.6 Å². The van der Waals surface area contributed by atoms with Crippen molar-refractivity contribution in [1.82, 2.24) is 10.3 Å². The summed E-state index contributed by atoms with van der Waals surface area (Å²) in [5, 5.41) is 3.70. The Labute approximate surface area is 146 Å². The maximum atomic E-state index is 6.38. The molecule has 0 aromatic carbocycles. The number of nitrogens with zero attached hydrogens (tertiary/aromatic N) is 1. The highest BCUT2D eigenvalue weighted by atomic mass is 35.5. The van der Waals surface area contributed by atoms with Gasteiger partial charge in [-0.15, -0.1) is 11.3 Å². The van der Waals surface area contributed by atoms with Crippen molar-refractivity contribution in [3.05, 3.63) is 50.4 Å². The summed E-state index contributed by atoms with van der Waals surface area (Å²) in [5.41, 5.74) is 3.32. The number of aromatic nitrogens is 1. The first-order chi connectivity index (χ1) is 11.1. The van der Waals surface area contributed by atoms with E-state index in [0.717, 1.165) is 41.6 Å². The molecule has 2 aliphatic heterocycles. The minimum Gasteiger partial charge on any atom is -0.369 e. The highest BCUT2D eigenvalue weighted by Crippen LogP contribution is 2.49. The van der Waals surface area contributed by atoms with E-state index in [0.29, 0.717) is 6.04 Å². The number of rotatable bonds is 1. The molecule has 122 valence electrons. The summed E-state index contributed by atoms with van der Waals surface area (Å²) in [6.45, 7) is 5.05. The quantitative estimate of drug-likeness (QED) is 0.830. The van der Waals surface area contributed by atoms with Gasteiger partial charge in [-0.1, -0.05) is 17.7 Å². The lowest BCUT2D eigenvalue weighted by Gasteiger charge is -2.46. The molecule has 1 fully saturated rings. The lowest BCUT2D eigenvalue weighted by molar-refractivity contribution is -0.0957. The minimum atomic E-state index is -0.216. The van der Waals surface area contributed by atoms with Crippen molar-refractivity contribution < 1.29 is 4.74 Å². The van der Waals surface area contributed by atoms with E-state index in [-0.39, 0.29) is 11.6 Å². The molecule has 0 aliphatic carbocycles. The second-order valence-corrected chi connectivity index (χ2v) is 8.41. The van der Waals surface area contributed by atoms with Gasteiger partial charge in [0.05, 0.1) is 22.7 Å². The molecule has 1 N–H and O–H groups in total. The van der Waals surface area contributed by atoms with E-state index < -0.39 is 0 Å². The Balaban J connectivity index is 1.73. The van der Waals surface area contributed by atoms with E-state index in [2.05, 4.69) is 30.4 Å². The number of thiophene rings is 1. The zero-order valence-electron chi connectivity index (χ0n) is 13.4. The Kier molecular flexibility index (Phi) is 3.96. The summed E-state index contributed by atoms with van der Waals surface area (Å²) in [5.74, 6) is 0. The molecule has 4 rings (SSSR count). The van der Waals surface area contributed by atoms with Crippen LogP contribution < -0.4 is 5.32 Å². The van der Waals surface area contributed by atoms with Crippen molar-refractivity contribution in [2.75, 3.05) is 6.61 Å². The molecule has 2 aromatic heterocycles. The van der Waals surface area contributed by atoms with Gasteiger partial charge in [-0.3, -0.25) is 4.98 Å². The molecule has 0 radical (unpaired) electrons. The van der Waals surface area contributed by atoms with Gasteiger partial charge in [0.25, 0.3) is 0 Å². The van der Waals surface area contributed by atoms with E-state index >= 15 is 0 Å². The SMILES string of the molecule is Cc1cccc(C2CC3(CC(C)N2)OCCc2cc(Cl)sc23)n1. The lowest BCUT2D eigenvalue weighted by atomic mass is 9.79. The molecule has 2 aromatic rings. The zero-order valence-corrected chi connectivity index (χ0v) is 15.0. The van der Waals surface area contributed by atoms with Crippen LogP contribution in [0.25, 0.3) is 0 Å². The summed E-state index contributed by atoms with van der Waals surface area (Å²) in [6, 6.07) is 8.95. The van der Waals surface area contributed by atoms with Gasteiger partial charge < -0.3 is 10.1 Å². The van der Waals surface area contributed by atoms with Crippen LogP contribution in [0.5, 0.6) is 0 Å². The molecule has 3 nitrogen and oxygen atoms in total. The van der Waals surface area contributed by atoms with Gasteiger partial charge in [0, 0.05) is 23.0 Å². The second kappa shape index (κ2) is 5.85. The fraction of sp³-hybridized carbons (Fsp3) is 0.500. The molecule has 23 heavy (non-hydrogen) atoms. The van der Waals surface area contributed by atoms with Crippen LogP contribution in [0.2, 0.25) is 4.34 Å². The number of hydrogen-bond acceptors (Lipinski definition) is 4. The number of aryl methyl sites for hydroxylation is 1. The largest absolute Gasteiger partial charge is 0.369 e. The van der Waals surface area contributed by atoms with Crippen LogP contribution in [0, 0.1) is 6.92 Å². The summed E-state index contributed by atoms with van der Waals surface area (Å²) in [6.07, 6.45) is 2.87. The fourth-order valence-corrected chi connectivity index (χ4v) is 5.47. The predicted octanol–water partition coefficient (Wildman–Crippen LogP) is 4.39. The Morgan fingerprint density at radius 2 is 2.26 bits per heavy atom. The average Bonchev–Trinajstić information content (AvgIpc) is 2.89. The maximum Gasteiger partial charge on any atom is 0.106 e. The maximum absolute atomic E-state index is 6.38. The smallest absolute Gasteiger partial charge is 0.106 e. The Hall–Kier alpha value is -0.940. The van der Waals surface area contributed by atoms with E-state index in [1.54, 1.807) is 11.3 Å². The van der Waals surface area contributed by atoms with E-state index in [1.165, 1.54) is 10.4 Å². The standard InChI is InChI=1S/C18H21ClN2OS/c1-11-4-3-5-14(20-11)15-10-18(9-12(2)21-15)17-13(6-7-22-18)8-16(19)23-17/h3-5,8,12,15,21H,6-7,9-10H2,1-2H3. The molecule has 3 unspecified atom stereocenters. The summed E-state index contributed by atoms with van der Waals surface area (Å²) in [7, 11) is 0. The second-order valence-electron chi connectivity index (χ2n) is 6.73. The number of halogens is 1. The molecule has 5 heteroatoms. The van der Waals surface area contributed by atoms with Crippen molar-refractivity contribution in [2.24, 2.45) is 0 Å². The highest BCUT2D eigenvalue weighted by molar-refractivity contribution is 7.16. The highest BCUT2D eigenvalue weighted by Gasteiger charge is 2.46. The van der Waals surface area contributed by atoms with Crippen LogP contribution in [-0.2, 0) is 16.8 Å². The van der Waals surface area contributed by atoms with Gasteiger partial charge >= 0.3 is 0 Å².